The molecular formula is C15H16N2O2S. The van der Waals surface area contributed by atoms with Crippen LogP contribution in [0.4, 0.5) is 0 Å². The van der Waals surface area contributed by atoms with Gasteiger partial charge in [0.05, 0.1) is 29.4 Å². The number of carbonyl (C=O) groups is 1. The van der Waals surface area contributed by atoms with Crippen molar-refractivity contribution in [2.24, 2.45) is 0 Å². The highest BCUT2D eigenvalue weighted by Gasteiger charge is 2.14. The molecule has 0 aliphatic carbocycles. The molecule has 3 rings (SSSR count). The third kappa shape index (κ3) is 2.58. The summed E-state index contributed by atoms with van der Waals surface area (Å²) in [4.78, 5) is 19.1. The lowest BCUT2D eigenvalue weighted by Gasteiger charge is -2.04. The lowest BCUT2D eigenvalue weighted by Crippen LogP contribution is -2.02. The maximum absolute atomic E-state index is 11.8. The normalized spacial score (nSPS) is 9.95. The van der Waals surface area contributed by atoms with E-state index in [9.17, 15) is 4.79 Å². The maximum Gasteiger partial charge on any atom is 0.340 e. The molecule has 0 saturated heterocycles. The lowest BCUT2D eigenvalue weighted by molar-refractivity contribution is 0.0603. The van der Waals surface area contributed by atoms with Gasteiger partial charge >= 0.3 is 5.97 Å². The van der Waals surface area contributed by atoms with Crippen molar-refractivity contribution in [1.29, 1.82) is 0 Å². The molecule has 0 radical (unpaired) electrons. The number of carbonyl (C=O) groups excluding carboxylic acids is 1. The van der Waals surface area contributed by atoms with Gasteiger partial charge in [0.2, 0.25) is 0 Å². The van der Waals surface area contributed by atoms with E-state index in [0.717, 1.165) is 22.2 Å². The van der Waals surface area contributed by atoms with Gasteiger partial charge in [-0.25, -0.2) is 9.78 Å². The first-order valence-corrected chi connectivity index (χ1v) is 7.32. The van der Waals surface area contributed by atoms with E-state index in [1.807, 2.05) is 37.6 Å². The van der Waals surface area contributed by atoms with Gasteiger partial charge in [0.1, 0.15) is 0 Å². The number of fused-ring (bicyclic) bond motifs is 1. The zero-order valence-electron chi connectivity index (χ0n) is 11.6. The van der Waals surface area contributed by atoms with Gasteiger partial charge < -0.3 is 9.72 Å². The molecule has 104 valence electrons. The Morgan fingerprint density at radius 1 is 1.35 bits per heavy atom. The molecule has 4 nitrogen and oxygen atoms in total. The molecule has 0 aliphatic heterocycles. The van der Waals surface area contributed by atoms with E-state index in [2.05, 4.69) is 9.97 Å². The average Bonchev–Trinajstić information content (AvgIpc) is 3.18. The van der Waals surface area contributed by atoms with Crippen LogP contribution in [0.3, 0.4) is 0 Å². The summed E-state index contributed by atoms with van der Waals surface area (Å²) >= 11 is 1.53. The second-order valence-corrected chi connectivity index (χ2v) is 4.55. The monoisotopic (exact) mass is 288 g/mol. The summed E-state index contributed by atoms with van der Waals surface area (Å²) in [6, 6.07) is 5.74. The van der Waals surface area contributed by atoms with E-state index in [4.69, 9.17) is 4.74 Å². The Bertz CT molecular complexity index is 702. The summed E-state index contributed by atoms with van der Waals surface area (Å²) in [5.74, 6) is -0.348. The smallest absolute Gasteiger partial charge is 0.340 e. The Labute approximate surface area is 121 Å². The quantitative estimate of drug-likeness (QED) is 0.722. The second-order valence-electron chi connectivity index (χ2n) is 3.83. The number of aromatic nitrogens is 2. The first kappa shape index (κ1) is 14.3. The van der Waals surface area contributed by atoms with Gasteiger partial charge in [-0.3, -0.25) is 0 Å². The van der Waals surface area contributed by atoms with Gasteiger partial charge in [-0.1, -0.05) is 13.8 Å². The van der Waals surface area contributed by atoms with Crippen molar-refractivity contribution in [1.82, 2.24) is 9.97 Å². The van der Waals surface area contributed by atoms with E-state index >= 15 is 0 Å². The minimum absolute atomic E-state index is 0.348. The minimum Gasteiger partial charge on any atom is -0.465 e. The standard InChI is InChI=1S/C13H10N2O2S.C2H6/c1-17-13(16)10-5-9(11-6-18-7-15-11)4-8-2-3-14-12(8)10;1-2/h2-7,14H,1H3;1-2H3. The summed E-state index contributed by atoms with van der Waals surface area (Å²) in [6.45, 7) is 4.00. The van der Waals surface area contributed by atoms with E-state index in [1.165, 1.54) is 18.4 Å². The molecule has 20 heavy (non-hydrogen) atoms. The van der Waals surface area contributed by atoms with Crippen molar-refractivity contribution in [2.75, 3.05) is 7.11 Å². The van der Waals surface area contributed by atoms with E-state index in [-0.39, 0.29) is 5.97 Å². The molecule has 0 bridgehead atoms. The predicted molar refractivity (Wildman–Crippen MR) is 82.1 cm³/mol. The molecule has 5 heteroatoms. The Morgan fingerprint density at radius 3 is 2.80 bits per heavy atom. The van der Waals surface area contributed by atoms with Crippen LogP contribution >= 0.6 is 11.3 Å². The van der Waals surface area contributed by atoms with Crippen molar-refractivity contribution >= 4 is 28.2 Å². The van der Waals surface area contributed by atoms with Gasteiger partial charge in [0.25, 0.3) is 0 Å². The molecule has 3 aromatic rings. The van der Waals surface area contributed by atoms with E-state index in [0.29, 0.717) is 5.56 Å². The molecule has 0 unspecified atom stereocenters. The number of ether oxygens (including phenoxy) is 1. The first-order chi connectivity index (χ1) is 9.79. The van der Waals surface area contributed by atoms with Crippen molar-refractivity contribution in [3.8, 4) is 11.3 Å². The fraction of sp³-hybridized carbons (Fsp3) is 0.200. The average molecular weight is 288 g/mol. The van der Waals surface area contributed by atoms with Crippen molar-refractivity contribution in [3.05, 3.63) is 40.8 Å². The van der Waals surface area contributed by atoms with Gasteiger partial charge in [-0.05, 0) is 18.2 Å². The Hall–Kier alpha value is -2.14. The topological polar surface area (TPSA) is 55.0 Å². The summed E-state index contributed by atoms with van der Waals surface area (Å²) in [5, 5.41) is 2.93. The van der Waals surface area contributed by atoms with Crippen LogP contribution in [0, 0.1) is 0 Å². The number of aromatic amines is 1. The summed E-state index contributed by atoms with van der Waals surface area (Å²) in [7, 11) is 1.38. The van der Waals surface area contributed by atoms with Crippen LogP contribution in [0.5, 0.6) is 0 Å². The number of hydrogen-bond donors (Lipinski definition) is 1. The van der Waals surface area contributed by atoms with Gasteiger partial charge in [0.15, 0.2) is 0 Å². The van der Waals surface area contributed by atoms with Crippen LogP contribution in [0.1, 0.15) is 24.2 Å². The molecule has 1 N–H and O–H groups in total. The Balaban J connectivity index is 0.000000704. The number of hydrogen-bond acceptors (Lipinski definition) is 4. The first-order valence-electron chi connectivity index (χ1n) is 6.37. The van der Waals surface area contributed by atoms with Crippen LogP contribution in [-0.2, 0) is 4.74 Å². The van der Waals surface area contributed by atoms with Crippen LogP contribution in [0.15, 0.2) is 35.3 Å². The van der Waals surface area contributed by atoms with Crippen molar-refractivity contribution < 1.29 is 9.53 Å². The summed E-state index contributed by atoms with van der Waals surface area (Å²) in [6.07, 6.45) is 1.81. The molecule has 2 aromatic heterocycles. The van der Waals surface area contributed by atoms with Crippen LogP contribution in [0.25, 0.3) is 22.2 Å². The molecule has 0 amide bonds. The number of thiazole rings is 1. The number of benzene rings is 1. The Morgan fingerprint density at radius 2 is 2.15 bits per heavy atom. The minimum atomic E-state index is -0.348. The molecule has 0 fully saturated rings. The molecular weight excluding hydrogens is 272 g/mol. The number of esters is 1. The lowest BCUT2D eigenvalue weighted by atomic mass is 10.0. The highest BCUT2D eigenvalue weighted by molar-refractivity contribution is 7.07. The molecule has 1 aromatic carbocycles. The molecule has 0 spiro atoms. The third-order valence-corrected chi connectivity index (χ3v) is 3.38. The van der Waals surface area contributed by atoms with E-state index in [1.54, 1.807) is 11.6 Å². The largest absolute Gasteiger partial charge is 0.465 e. The van der Waals surface area contributed by atoms with Gasteiger partial charge in [-0.2, -0.15) is 0 Å². The third-order valence-electron chi connectivity index (χ3n) is 2.79. The summed E-state index contributed by atoms with van der Waals surface area (Å²) in [5.41, 5.74) is 4.88. The number of nitrogens with one attached hydrogen (secondary N) is 1. The number of nitrogens with zero attached hydrogens (tertiary/aromatic N) is 1. The van der Waals surface area contributed by atoms with Crippen molar-refractivity contribution in [2.45, 2.75) is 13.8 Å². The van der Waals surface area contributed by atoms with Crippen molar-refractivity contribution in [3.63, 3.8) is 0 Å². The SMILES string of the molecule is CC.COC(=O)c1cc(-c2cscn2)cc2cc[nH]c12. The summed E-state index contributed by atoms with van der Waals surface area (Å²) < 4.78 is 4.81. The van der Waals surface area contributed by atoms with Crippen LogP contribution in [0.2, 0.25) is 0 Å². The van der Waals surface area contributed by atoms with Crippen LogP contribution in [-0.4, -0.2) is 23.0 Å². The number of rotatable bonds is 2. The number of H-pyrrole nitrogens is 1. The molecule has 0 atom stereocenters. The number of methoxy groups -OCH3 is 1. The predicted octanol–water partition coefficient (Wildman–Crippen LogP) is 4.10. The fourth-order valence-electron chi connectivity index (χ4n) is 1.95. The van der Waals surface area contributed by atoms with Gasteiger partial charge in [0, 0.05) is 22.5 Å². The zero-order valence-corrected chi connectivity index (χ0v) is 12.5. The van der Waals surface area contributed by atoms with E-state index < -0.39 is 0 Å². The molecule has 2 heterocycles. The molecule has 0 saturated carbocycles. The fourth-order valence-corrected chi connectivity index (χ4v) is 2.51. The zero-order chi connectivity index (χ0) is 14.5. The van der Waals surface area contributed by atoms with Crippen LogP contribution < -0.4 is 0 Å². The maximum atomic E-state index is 11.8. The molecule has 0 aliphatic rings. The second kappa shape index (κ2) is 6.34. The Kier molecular flexibility index (Phi) is 4.53. The highest BCUT2D eigenvalue weighted by atomic mass is 32.1. The van der Waals surface area contributed by atoms with Gasteiger partial charge in [-0.15, -0.1) is 11.3 Å². The highest BCUT2D eigenvalue weighted by Crippen LogP contribution is 2.27.